The van der Waals surface area contributed by atoms with Crippen LogP contribution < -0.4 is 0 Å². The van der Waals surface area contributed by atoms with Gasteiger partial charge >= 0.3 is 0 Å². The Morgan fingerprint density at radius 1 is 1.32 bits per heavy atom. The zero-order valence-corrected chi connectivity index (χ0v) is 17.0. The topological polar surface area (TPSA) is 45.2 Å². The van der Waals surface area contributed by atoms with Gasteiger partial charge in [-0.25, -0.2) is 0 Å². The number of aryl methyl sites for hydroxylation is 1. The monoisotopic (exact) mass is 370 g/mol. The summed E-state index contributed by atoms with van der Waals surface area (Å²) in [7, 11) is 0. The highest BCUT2D eigenvalue weighted by Gasteiger charge is 2.18. The van der Waals surface area contributed by atoms with Gasteiger partial charge in [-0.3, -0.25) is 9.80 Å². The fourth-order valence-corrected chi connectivity index (χ4v) is 3.76. The van der Waals surface area contributed by atoms with Gasteiger partial charge in [-0.15, -0.1) is 11.3 Å². The zero-order valence-electron chi connectivity index (χ0n) is 16.2. The van der Waals surface area contributed by atoms with E-state index in [0.29, 0.717) is 13.2 Å². The van der Waals surface area contributed by atoms with Gasteiger partial charge in [-0.2, -0.15) is 0 Å². The lowest BCUT2D eigenvalue weighted by atomic mass is 10.2. The molecule has 5 nitrogen and oxygen atoms in total. The van der Waals surface area contributed by atoms with Crippen molar-refractivity contribution in [2.45, 2.75) is 45.9 Å². The molecule has 1 aliphatic rings. The number of thiophene rings is 1. The molecule has 25 heavy (non-hydrogen) atoms. The highest BCUT2D eigenvalue weighted by atomic mass is 32.1. The molecular formula is C19H34N2O3S. The standard InChI is InChI=1S/C19H34N2O3S/c1-16-5-6-18(25-16)14-21(8-7-20-9-11-23-12-10-20)13-17(22)15-24-19(2,3)4/h5-6,17,22H,7-15H2,1-4H3/t17-/m0/s1. The van der Waals surface area contributed by atoms with E-state index in [9.17, 15) is 5.11 Å². The van der Waals surface area contributed by atoms with Gasteiger partial charge in [0, 0.05) is 49.0 Å². The van der Waals surface area contributed by atoms with Crippen LogP contribution in [0.5, 0.6) is 0 Å². The third kappa shape index (κ3) is 8.62. The molecule has 0 spiro atoms. The SMILES string of the molecule is Cc1ccc(CN(CCN2CCOCC2)C[C@H](O)COC(C)(C)C)s1. The van der Waals surface area contributed by atoms with Crippen molar-refractivity contribution < 1.29 is 14.6 Å². The van der Waals surface area contributed by atoms with Crippen LogP contribution in [0.3, 0.4) is 0 Å². The van der Waals surface area contributed by atoms with E-state index in [4.69, 9.17) is 9.47 Å². The van der Waals surface area contributed by atoms with Gasteiger partial charge in [0.15, 0.2) is 0 Å². The number of nitrogens with zero attached hydrogens (tertiary/aromatic N) is 2. The predicted molar refractivity (Wildman–Crippen MR) is 103 cm³/mol. The van der Waals surface area contributed by atoms with Gasteiger partial charge in [0.25, 0.3) is 0 Å². The van der Waals surface area contributed by atoms with Crippen molar-refractivity contribution in [1.29, 1.82) is 0 Å². The summed E-state index contributed by atoms with van der Waals surface area (Å²) in [5, 5.41) is 10.4. The summed E-state index contributed by atoms with van der Waals surface area (Å²) >= 11 is 1.83. The third-order valence-electron chi connectivity index (χ3n) is 4.19. The van der Waals surface area contributed by atoms with Crippen molar-refractivity contribution >= 4 is 11.3 Å². The molecule has 1 aromatic rings. The summed E-state index contributed by atoms with van der Waals surface area (Å²) in [6.07, 6.45) is -0.468. The number of ether oxygens (including phenoxy) is 2. The maximum atomic E-state index is 10.4. The molecule has 1 saturated heterocycles. The van der Waals surface area contributed by atoms with Crippen LogP contribution >= 0.6 is 11.3 Å². The van der Waals surface area contributed by atoms with E-state index in [1.807, 2.05) is 32.1 Å². The fourth-order valence-electron chi connectivity index (χ4n) is 2.83. The molecule has 144 valence electrons. The van der Waals surface area contributed by atoms with Crippen molar-refractivity contribution in [3.8, 4) is 0 Å². The molecule has 1 atom stereocenters. The number of aliphatic hydroxyl groups excluding tert-OH is 1. The van der Waals surface area contributed by atoms with E-state index in [1.165, 1.54) is 9.75 Å². The first-order valence-electron chi connectivity index (χ1n) is 9.21. The molecule has 0 aromatic carbocycles. The Kier molecular flexibility index (Phi) is 8.32. The minimum absolute atomic E-state index is 0.218. The van der Waals surface area contributed by atoms with Crippen molar-refractivity contribution in [2.75, 3.05) is 52.5 Å². The lowest BCUT2D eigenvalue weighted by Crippen LogP contribution is -2.43. The second kappa shape index (κ2) is 10.00. The molecule has 1 aliphatic heterocycles. The summed E-state index contributed by atoms with van der Waals surface area (Å²) in [5.41, 5.74) is -0.218. The largest absolute Gasteiger partial charge is 0.389 e. The van der Waals surface area contributed by atoms with Crippen molar-refractivity contribution in [3.05, 3.63) is 21.9 Å². The van der Waals surface area contributed by atoms with E-state index >= 15 is 0 Å². The maximum Gasteiger partial charge on any atom is 0.0900 e. The molecule has 0 aliphatic carbocycles. The second-order valence-corrected chi connectivity index (χ2v) is 9.15. The van der Waals surface area contributed by atoms with Crippen molar-refractivity contribution in [1.82, 2.24) is 9.80 Å². The summed E-state index contributed by atoms with van der Waals surface area (Å²) in [6.45, 7) is 15.7. The highest BCUT2D eigenvalue weighted by Crippen LogP contribution is 2.17. The van der Waals surface area contributed by atoms with E-state index in [2.05, 4.69) is 28.9 Å². The molecule has 0 amide bonds. The number of aliphatic hydroxyl groups is 1. The summed E-state index contributed by atoms with van der Waals surface area (Å²) in [6, 6.07) is 4.36. The normalized spacial score (nSPS) is 18.0. The minimum atomic E-state index is -0.468. The van der Waals surface area contributed by atoms with Crippen molar-refractivity contribution in [2.24, 2.45) is 0 Å². The first-order chi connectivity index (χ1) is 11.8. The molecule has 2 heterocycles. The summed E-state index contributed by atoms with van der Waals surface area (Å²) in [4.78, 5) is 7.47. The number of rotatable bonds is 9. The first kappa shape index (κ1) is 20.8. The molecule has 1 fully saturated rings. The molecule has 1 N–H and O–H groups in total. The maximum absolute atomic E-state index is 10.4. The number of hydrogen-bond acceptors (Lipinski definition) is 6. The Morgan fingerprint density at radius 3 is 2.64 bits per heavy atom. The Bertz CT molecular complexity index is 495. The van der Waals surface area contributed by atoms with Gasteiger partial charge in [0.05, 0.1) is 31.5 Å². The lowest BCUT2D eigenvalue weighted by Gasteiger charge is -2.31. The van der Waals surface area contributed by atoms with Crippen LogP contribution in [0.15, 0.2) is 12.1 Å². The second-order valence-electron chi connectivity index (χ2n) is 7.78. The molecule has 0 radical (unpaired) electrons. The third-order valence-corrected chi connectivity index (χ3v) is 5.17. The van der Waals surface area contributed by atoms with Gasteiger partial charge in [0.2, 0.25) is 0 Å². The van der Waals surface area contributed by atoms with Crippen LogP contribution in [0.1, 0.15) is 30.5 Å². The van der Waals surface area contributed by atoms with E-state index in [-0.39, 0.29) is 5.60 Å². The zero-order chi connectivity index (χ0) is 18.3. The molecule has 2 rings (SSSR count). The first-order valence-corrected chi connectivity index (χ1v) is 10.0. The fraction of sp³-hybridized carbons (Fsp3) is 0.789. The van der Waals surface area contributed by atoms with Gasteiger partial charge in [-0.05, 0) is 39.8 Å². The number of morpholine rings is 1. The molecule has 0 bridgehead atoms. The Balaban J connectivity index is 1.86. The number of hydrogen-bond donors (Lipinski definition) is 1. The molecular weight excluding hydrogens is 336 g/mol. The average Bonchev–Trinajstić information content (AvgIpc) is 2.96. The van der Waals surface area contributed by atoms with Gasteiger partial charge < -0.3 is 14.6 Å². The van der Waals surface area contributed by atoms with Crippen LogP contribution in [0.4, 0.5) is 0 Å². The molecule has 6 heteroatoms. The van der Waals surface area contributed by atoms with Crippen LogP contribution in [0, 0.1) is 6.92 Å². The molecule has 1 aromatic heterocycles. The minimum Gasteiger partial charge on any atom is -0.389 e. The van der Waals surface area contributed by atoms with Gasteiger partial charge in [0.1, 0.15) is 0 Å². The summed E-state index contributed by atoms with van der Waals surface area (Å²) in [5.74, 6) is 0. The van der Waals surface area contributed by atoms with Gasteiger partial charge in [-0.1, -0.05) is 0 Å². The van der Waals surface area contributed by atoms with Crippen molar-refractivity contribution in [3.63, 3.8) is 0 Å². The molecule has 0 saturated carbocycles. The van der Waals surface area contributed by atoms with Crippen LogP contribution in [0.2, 0.25) is 0 Å². The van der Waals surface area contributed by atoms with Crippen LogP contribution in [-0.4, -0.2) is 79.2 Å². The van der Waals surface area contributed by atoms with E-state index < -0.39 is 6.10 Å². The average molecular weight is 371 g/mol. The van der Waals surface area contributed by atoms with E-state index in [0.717, 1.165) is 45.9 Å². The van der Waals surface area contributed by atoms with Crippen LogP contribution in [0.25, 0.3) is 0 Å². The quantitative estimate of drug-likeness (QED) is 0.723. The summed E-state index contributed by atoms with van der Waals surface area (Å²) < 4.78 is 11.2. The van der Waals surface area contributed by atoms with E-state index in [1.54, 1.807) is 0 Å². The predicted octanol–water partition coefficient (Wildman–Crippen LogP) is 2.37. The highest BCUT2D eigenvalue weighted by molar-refractivity contribution is 7.11. The Labute approximate surface area is 156 Å². The lowest BCUT2D eigenvalue weighted by molar-refractivity contribution is -0.0574. The Hall–Kier alpha value is -0.500. The van der Waals surface area contributed by atoms with Crippen LogP contribution in [-0.2, 0) is 16.0 Å². The Morgan fingerprint density at radius 2 is 2.04 bits per heavy atom. The molecule has 0 unspecified atom stereocenters. The smallest absolute Gasteiger partial charge is 0.0900 e.